The van der Waals surface area contributed by atoms with E-state index in [0.29, 0.717) is 22.9 Å². The molecule has 0 bridgehead atoms. The van der Waals surface area contributed by atoms with Gasteiger partial charge in [-0.15, -0.1) is 0 Å². The van der Waals surface area contributed by atoms with Crippen LogP contribution in [-0.4, -0.2) is 22.8 Å². The predicted molar refractivity (Wildman–Crippen MR) is 132 cm³/mol. The first-order valence-corrected chi connectivity index (χ1v) is 11.0. The molecule has 0 saturated carbocycles. The van der Waals surface area contributed by atoms with Crippen LogP contribution in [0.4, 0.5) is 0 Å². The minimum atomic E-state index is -0.322. The van der Waals surface area contributed by atoms with Crippen molar-refractivity contribution in [2.45, 2.75) is 26.5 Å². The van der Waals surface area contributed by atoms with Crippen molar-refractivity contribution in [3.63, 3.8) is 0 Å². The molecule has 0 fully saturated rings. The molecule has 0 amide bonds. The Morgan fingerprint density at radius 3 is 2.31 bits per heavy atom. The van der Waals surface area contributed by atoms with Gasteiger partial charge in [0.15, 0.2) is 10.9 Å². The highest BCUT2D eigenvalue weighted by atomic mass is 32.1. The quantitative estimate of drug-likeness (QED) is 0.398. The zero-order valence-electron chi connectivity index (χ0n) is 18.5. The third kappa shape index (κ3) is 4.43. The second kappa shape index (κ2) is 9.37. The average molecular weight is 443 g/mol. The smallest absolute Gasteiger partial charge is 0.193 e. The Balaban J connectivity index is 1.60. The topological polar surface area (TPSA) is 41.6 Å². The van der Waals surface area contributed by atoms with E-state index in [2.05, 4.69) is 24.4 Å². The largest absolute Gasteiger partial charge is 0.489 e. The molecule has 1 heterocycles. The van der Waals surface area contributed by atoms with Gasteiger partial charge in [0, 0.05) is 23.9 Å². The summed E-state index contributed by atoms with van der Waals surface area (Å²) in [6.07, 6.45) is 0. The summed E-state index contributed by atoms with van der Waals surface area (Å²) < 4.78 is 5.98. The number of nitrogens with zero attached hydrogens (tertiary/aromatic N) is 1. The number of nitrogens with one attached hydrogen (secondary N) is 1. The third-order valence-electron chi connectivity index (χ3n) is 5.90. The Morgan fingerprint density at radius 1 is 0.969 bits per heavy atom. The normalized spacial score (nSPS) is 16.0. The molecule has 5 heteroatoms. The number of carbonyl (C=O) groups excluding carboxylic acids is 1. The highest BCUT2D eigenvalue weighted by Gasteiger charge is 2.32. The fourth-order valence-electron chi connectivity index (χ4n) is 3.81. The van der Waals surface area contributed by atoms with Crippen LogP contribution in [0.25, 0.3) is 0 Å². The van der Waals surface area contributed by atoms with Gasteiger partial charge in [0.05, 0.1) is 6.04 Å². The first-order valence-electron chi connectivity index (χ1n) is 10.6. The molecule has 32 heavy (non-hydrogen) atoms. The van der Waals surface area contributed by atoms with Crippen LogP contribution in [0.15, 0.2) is 90.1 Å². The van der Waals surface area contributed by atoms with E-state index in [1.807, 2.05) is 85.6 Å². The van der Waals surface area contributed by atoms with Gasteiger partial charge in [-0.1, -0.05) is 66.7 Å². The molecule has 0 aliphatic carbocycles. The monoisotopic (exact) mass is 442 g/mol. The fraction of sp³-hybridized carbons (Fsp3) is 0.185. The molecular formula is C27H26N2O2S. The van der Waals surface area contributed by atoms with Crippen LogP contribution in [0.2, 0.25) is 0 Å². The predicted octanol–water partition coefficient (Wildman–Crippen LogP) is 5.59. The van der Waals surface area contributed by atoms with E-state index in [1.54, 1.807) is 0 Å². The van der Waals surface area contributed by atoms with Gasteiger partial charge < -0.3 is 15.0 Å². The van der Waals surface area contributed by atoms with E-state index in [4.69, 9.17) is 17.0 Å². The van der Waals surface area contributed by atoms with Gasteiger partial charge in [-0.25, -0.2) is 0 Å². The van der Waals surface area contributed by atoms with Crippen molar-refractivity contribution < 1.29 is 9.53 Å². The minimum Gasteiger partial charge on any atom is -0.489 e. The fourth-order valence-corrected chi connectivity index (χ4v) is 4.07. The summed E-state index contributed by atoms with van der Waals surface area (Å²) in [5.74, 6) is 0.777. The standard InChI is InChI=1S/C27H26N2O2S/c1-18-9-7-8-12-22(18)17-31-23-15-13-20(14-16-23)25-24(19(2)29(3)27(32)28-25)26(30)21-10-5-4-6-11-21/h4-16,25H,17H2,1-3H3,(H,28,32). The van der Waals surface area contributed by atoms with Gasteiger partial charge in [0.25, 0.3) is 0 Å². The summed E-state index contributed by atoms with van der Waals surface area (Å²) >= 11 is 5.52. The molecule has 3 aromatic carbocycles. The van der Waals surface area contributed by atoms with Crippen molar-refractivity contribution in [1.29, 1.82) is 0 Å². The van der Waals surface area contributed by atoms with Gasteiger partial charge in [0.2, 0.25) is 0 Å². The van der Waals surface area contributed by atoms with Crippen LogP contribution in [0, 0.1) is 6.92 Å². The van der Waals surface area contributed by atoms with Crippen molar-refractivity contribution in [3.05, 3.63) is 112 Å². The molecule has 0 spiro atoms. The van der Waals surface area contributed by atoms with Crippen LogP contribution >= 0.6 is 12.2 Å². The first kappa shape index (κ1) is 21.8. The van der Waals surface area contributed by atoms with Crippen molar-refractivity contribution in [2.24, 2.45) is 0 Å². The number of thiocarbonyl (C=S) groups is 1. The molecule has 0 radical (unpaired) electrons. The minimum absolute atomic E-state index is 0.00479. The molecule has 1 aliphatic rings. The number of aryl methyl sites for hydroxylation is 1. The number of allylic oxidation sites excluding steroid dienone is 1. The maximum atomic E-state index is 13.4. The maximum absolute atomic E-state index is 13.4. The molecule has 1 aliphatic heterocycles. The van der Waals surface area contributed by atoms with Crippen molar-refractivity contribution >= 4 is 23.1 Å². The molecular weight excluding hydrogens is 416 g/mol. The summed E-state index contributed by atoms with van der Waals surface area (Å²) in [6, 6.07) is 25.1. The summed E-state index contributed by atoms with van der Waals surface area (Å²) in [5, 5.41) is 3.93. The molecule has 3 aromatic rings. The zero-order valence-corrected chi connectivity index (χ0v) is 19.3. The van der Waals surface area contributed by atoms with E-state index < -0.39 is 0 Å². The van der Waals surface area contributed by atoms with Crippen molar-refractivity contribution in [2.75, 3.05) is 7.05 Å². The zero-order chi connectivity index (χ0) is 22.7. The summed E-state index contributed by atoms with van der Waals surface area (Å²) in [4.78, 5) is 15.3. The number of carbonyl (C=O) groups is 1. The highest BCUT2D eigenvalue weighted by Crippen LogP contribution is 2.33. The molecule has 1 N–H and O–H groups in total. The summed E-state index contributed by atoms with van der Waals surface area (Å²) in [7, 11) is 1.88. The Hall–Kier alpha value is -3.44. The maximum Gasteiger partial charge on any atom is 0.193 e. The van der Waals surface area contributed by atoms with Crippen LogP contribution < -0.4 is 10.1 Å². The Kier molecular flexibility index (Phi) is 6.37. The second-order valence-electron chi connectivity index (χ2n) is 7.92. The average Bonchev–Trinajstić information content (AvgIpc) is 2.82. The molecule has 4 nitrogen and oxygen atoms in total. The van der Waals surface area contributed by atoms with Crippen LogP contribution in [0.5, 0.6) is 5.75 Å². The molecule has 4 rings (SSSR count). The number of ether oxygens (including phenoxy) is 1. The highest BCUT2D eigenvalue weighted by molar-refractivity contribution is 7.80. The van der Waals surface area contributed by atoms with E-state index in [0.717, 1.165) is 22.6 Å². The molecule has 162 valence electrons. The molecule has 0 aromatic heterocycles. The van der Waals surface area contributed by atoms with Gasteiger partial charge >= 0.3 is 0 Å². The van der Waals surface area contributed by atoms with Gasteiger partial charge in [-0.2, -0.15) is 0 Å². The number of hydrogen-bond acceptors (Lipinski definition) is 3. The summed E-state index contributed by atoms with van der Waals surface area (Å²) in [6.45, 7) is 4.53. The van der Waals surface area contributed by atoms with E-state index >= 15 is 0 Å². The van der Waals surface area contributed by atoms with Gasteiger partial charge in [-0.05, 0) is 54.9 Å². The van der Waals surface area contributed by atoms with E-state index in [9.17, 15) is 4.79 Å². The number of hydrogen-bond donors (Lipinski definition) is 1. The van der Waals surface area contributed by atoms with E-state index in [-0.39, 0.29) is 11.8 Å². The van der Waals surface area contributed by atoms with Crippen molar-refractivity contribution in [3.8, 4) is 5.75 Å². The van der Waals surface area contributed by atoms with Gasteiger partial charge in [0.1, 0.15) is 12.4 Å². The molecule has 1 unspecified atom stereocenters. The Labute approximate surface area is 194 Å². The Morgan fingerprint density at radius 2 is 1.62 bits per heavy atom. The lowest BCUT2D eigenvalue weighted by Crippen LogP contribution is -2.45. The lowest BCUT2D eigenvalue weighted by atomic mass is 9.89. The third-order valence-corrected chi connectivity index (χ3v) is 6.30. The molecule has 1 atom stereocenters. The SMILES string of the molecule is CC1=C(C(=O)c2ccccc2)C(c2ccc(OCc3ccccc3C)cc2)NC(=S)N1C. The first-order chi connectivity index (χ1) is 15.5. The second-order valence-corrected chi connectivity index (χ2v) is 8.31. The van der Waals surface area contributed by atoms with Gasteiger partial charge in [-0.3, -0.25) is 4.79 Å². The lowest BCUT2D eigenvalue weighted by Gasteiger charge is -2.36. The van der Waals surface area contributed by atoms with Crippen molar-refractivity contribution in [1.82, 2.24) is 10.2 Å². The number of rotatable bonds is 6. The van der Waals surface area contributed by atoms with Crippen LogP contribution in [-0.2, 0) is 6.61 Å². The van der Waals surface area contributed by atoms with Crippen LogP contribution in [0.1, 0.15) is 40.0 Å². The number of benzene rings is 3. The van der Waals surface area contributed by atoms with E-state index in [1.165, 1.54) is 5.56 Å². The Bertz CT molecular complexity index is 1170. The summed E-state index contributed by atoms with van der Waals surface area (Å²) in [5.41, 5.74) is 5.54. The molecule has 0 saturated heterocycles. The number of Topliss-reactive ketones (excluding diaryl/α,β-unsaturated/α-hetero) is 1. The van der Waals surface area contributed by atoms with Crippen LogP contribution in [0.3, 0.4) is 0 Å². The number of ketones is 1. The lowest BCUT2D eigenvalue weighted by molar-refractivity contribution is 0.102.